The summed E-state index contributed by atoms with van der Waals surface area (Å²) < 4.78 is 1.85. The van der Waals surface area contributed by atoms with Gasteiger partial charge in [0.25, 0.3) is 5.69 Å². The van der Waals surface area contributed by atoms with Gasteiger partial charge < -0.3 is 4.57 Å². The number of aromatic nitrogens is 2. The molecule has 1 heterocycles. The van der Waals surface area contributed by atoms with E-state index in [0.717, 1.165) is 11.0 Å². The van der Waals surface area contributed by atoms with Crippen molar-refractivity contribution >= 4 is 28.8 Å². The minimum Gasteiger partial charge on any atom is -0.331 e. The van der Waals surface area contributed by atoms with E-state index < -0.39 is 4.92 Å². The molecular weight excluding hydrogens is 322 g/mol. The van der Waals surface area contributed by atoms with Crippen LogP contribution in [0.1, 0.15) is 11.4 Å². The summed E-state index contributed by atoms with van der Waals surface area (Å²) in [5.41, 5.74) is 4.37. The molecular formula is C17H15N5O3. The lowest BCUT2D eigenvalue weighted by Crippen LogP contribution is -2.21. The fourth-order valence-electron chi connectivity index (χ4n) is 2.47. The molecule has 1 amide bonds. The summed E-state index contributed by atoms with van der Waals surface area (Å²) >= 11 is 0. The number of carbonyl (C=O) groups excluding carboxylic acids is 1. The minimum atomic E-state index is -0.497. The second kappa shape index (κ2) is 6.91. The number of hydrazone groups is 1. The Morgan fingerprint density at radius 3 is 2.76 bits per heavy atom. The number of nitro groups is 1. The van der Waals surface area contributed by atoms with Gasteiger partial charge in [-0.1, -0.05) is 24.3 Å². The zero-order valence-corrected chi connectivity index (χ0v) is 13.4. The monoisotopic (exact) mass is 337 g/mol. The maximum atomic E-state index is 12.0. The van der Waals surface area contributed by atoms with Crippen LogP contribution in [0.5, 0.6) is 0 Å². The molecule has 0 unspecified atom stereocenters. The lowest BCUT2D eigenvalue weighted by atomic mass is 10.2. The van der Waals surface area contributed by atoms with Crippen molar-refractivity contribution in [3.63, 3.8) is 0 Å². The number of hydrogen-bond acceptors (Lipinski definition) is 5. The predicted octanol–water partition coefficient (Wildman–Crippen LogP) is 2.17. The number of nitrogens with zero attached hydrogens (tertiary/aromatic N) is 4. The van der Waals surface area contributed by atoms with E-state index >= 15 is 0 Å². The van der Waals surface area contributed by atoms with E-state index in [4.69, 9.17) is 0 Å². The van der Waals surface area contributed by atoms with E-state index in [1.165, 1.54) is 12.3 Å². The van der Waals surface area contributed by atoms with E-state index in [9.17, 15) is 14.9 Å². The normalized spacial score (nSPS) is 11.1. The highest BCUT2D eigenvalue weighted by Gasteiger charge is 2.12. The van der Waals surface area contributed by atoms with Gasteiger partial charge in [-0.25, -0.2) is 10.4 Å². The number of para-hydroxylation sites is 3. The maximum absolute atomic E-state index is 12.0. The van der Waals surface area contributed by atoms with E-state index in [-0.39, 0.29) is 18.0 Å². The third kappa shape index (κ3) is 3.52. The van der Waals surface area contributed by atoms with E-state index in [0.29, 0.717) is 11.4 Å². The smallest absolute Gasteiger partial charge is 0.278 e. The molecule has 1 N–H and O–H groups in total. The van der Waals surface area contributed by atoms with Crippen molar-refractivity contribution in [3.8, 4) is 0 Å². The van der Waals surface area contributed by atoms with Gasteiger partial charge in [0.15, 0.2) is 0 Å². The van der Waals surface area contributed by atoms with Crippen LogP contribution >= 0.6 is 0 Å². The maximum Gasteiger partial charge on any atom is 0.278 e. The molecule has 0 aliphatic rings. The van der Waals surface area contributed by atoms with Crippen LogP contribution in [0.15, 0.2) is 53.6 Å². The molecule has 8 heteroatoms. The zero-order chi connectivity index (χ0) is 17.8. The number of carbonyl (C=O) groups is 1. The number of benzene rings is 2. The third-order valence-electron chi connectivity index (χ3n) is 3.72. The Hall–Kier alpha value is -3.55. The highest BCUT2D eigenvalue weighted by atomic mass is 16.6. The summed E-state index contributed by atoms with van der Waals surface area (Å²) in [7, 11) is 1.84. The van der Waals surface area contributed by atoms with Gasteiger partial charge in [-0.2, -0.15) is 5.10 Å². The summed E-state index contributed by atoms with van der Waals surface area (Å²) in [4.78, 5) is 26.9. The molecule has 0 saturated carbocycles. The third-order valence-corrected chi connectivity index (χ3v) is 3.72. The molecule has 0 bridgehead atoms. The van der Waals surface area contributed by atoms with E-state index in [1.807, 2.05) is 35.9 Å². The molecule has 0 atom stereocenters. The Morgan fingerprint density at radius 1 is 1.28 bits per heavy atom. The lowest BCUT2D eigenvalue weighted by Gasteiger charge is -2.01. The first-order valence-corrected chi connectivity index (χ1v) is 7.52. The number of amides is 1. The van der Waals surface area contributed by atoms with Crippen molar-refractivity contribution in [2.24, 2.45) is 12.1 Å². The number of rotatable bonds is 5. The van der Waals surface area contributed by atoms with Crippen molar-refractivity contribution in [1.29, 1.82) is 0 Å². The molecule has 2 aromatic carbocycles. The van der Waals surface area contributed by atoms with Crippen molar-refractivity contribution in [2.45, 2.75) is 6.42 Å². The van der Waals surface area contributed by atoms with Crippen LogP contribution in [-0.4, -0.2) is 26.6 Å². The van der Waals surface area contributed by atoms with Crippen molar-refractivity contribution in [1.82, 2.24) is 15.0 Å². The SMILES string of the molecule is Cn1c(CC(=O)N/N=C/c2ccccc2[N+](=O)[O-])nc2ccccc21. The second-order valence-corrected chi connectivity index (χ2v) is 5.36. The molecule has 25 heavy (non-hydrogen) atoms. The van der Waals surface area contributed by atoms with Crippen LogP contribution in [-0.2, 0) is 18.3 Å². The van der Waals surface area contributed by atoms with E-state index in [2.05, 4.69) is 15.5 Å². The zero-order valence-electron chi connectivity index (χ0n) is 13.4. The van der Waals surface area contributed by atoms with Crippen molar-refractivity contribution < 1.29 is 9.72 Å². The molecule has 0 saturated heterocycles. The largest absolute Gasteiger partial charge is 0.331 e. The van der Waals surface area contributed by atoms with Gasteiger partial charge >= 0.3 is 0 Å². The highest BCUT2D eigenvalue weighted by Crippen LogP contribution is 2.15. The lowest BCUT2D eigenvalue weighted by molar-refractivity contribution is -0.385. The molecule has 0 fully saturated rings. The fourth-order valence-corrected chi connectivity index (χ4v) is 2.47. The van der Waals surface area contributed by atoms with Gasteiger partial charge in [-0.05, 0) is 18.2 Å². The Kier molecular flexibility index (Phi) is 4.51. The highest BCUT2D eigenvalue weighted by molar-refractivity contribution is 5.87. The summed E-state index contributed by atoms with van der Waals surface area (Å²) in [5.74, 6) is 0.257. The first kappa shape index (κ1) is 16.3. The van der Waals surface area contributed by atoms with E-state index in [1.54, 1.807) is 18.2 Å². The summed E-state index contributed by atoms with van der Waals surface area (Å²) in [6, 6.07) is 13.8. The van der Waals surface area contributed by atoms with Gasteiger partial charge in [0.05, 0.1) is 34.2 Å². The summed E-state index contributed by atoms with van der Waals surface area (Å²) in [5, 5.41) is 14.7. The summed E-state index contributed by atoms with van der Waals surface area (Å²) in [6.45, 7) is 0. The second-order valence-electron chi connectivity index (χ2n) is 5.36. The van der Waals surface area contributed by atoms with Crippen LogP contribution in [0.3, 0.4) is 0 Å². The van der Waals surface area contributed by atoms with Crippen LogP contribution < -0.4 is 5.43 Å². The quantitative estimate of drug-likeness (QED) is 0.438. The molecule has 0 aliphatic heterocycles. The van der Waals surface area contributed by atoms with Crippen LogP contribution in [0.2, 0.25) is 0 Å². The molecule has 0 aliphatic carbocycles. The molecule has 3 rings (SSSR count). The van der Waals surface area contributed by atoms with Gasteiger partial charge in [0, 0.05) is 13.1 Å². The number of aryl methyl sites for hydroxylation is 1. The number of fused-ring (bicyclic) bond motifs is 1. The Balaban J connectivity index is 1.69. The Labute approximate surface area is 142 Å². The Morgan fingerprint density at radius 2 is 2.00 bits per heavy atom. The van der Waals surface area contributed by atoms with Gasteiger partial charge in [0.2, 0.25) is 5.91 Å². The number of hydrogen-bond donors (Lipinski definition) is 1. The standard InChI is InChI=1S/C17H15N5O3/c1-21-15-9-5-3-7-13(15)19-16(21)10-17(23)20-18-11-12-6-2-4-8-14(12)22(24)25/h2-9,11H,10H2,1H3,(H,20,23)/b18-11+. The average molecular weight is 337 g/mol. The van der Waals surface area contributed by atoms with Crippen LogP contribution in [0, 0.1) is 10.1 Å². The first-order chi connectivity index (χ1) is 12.1. The Bertz CT molecular complexity index is 977. The van der Waals surface area contributed by atoms with Gasteiger partial charge in [-0.3, -0.25) is 14.9 Å². The topological polar surface area (TPSA) is 102 Å². The average Bonchev–Trinajstić information content (AvgIpc) is 2.91. The molecule has 0 spiro atoms. The van der Waals surface area contributed by atoms with Crippen LogP contribution in [0.4, 0.5) is 5.69 Å². The van der Waals surface area contributed by atoms with Crippen LogP contribution in [0.25, 0.3) is 11.0 Å². The number of imidazole rings is 1. The molecule has 126 valence electrons. The minimum absolute atomic E-state index is 0.0550. The van der Waals surface area contributed by atoms with Crippen molar-refractivity contribution in [3.05, 3.63) is 70.0 Å². The number of nitrogens with one attached hydrogen (secondary N) is 1. The molecule has 0 radical (unpaired) electrons. The fraction of sp³-hybridized carbons (Fsp3) is 0.118. The number of nitro benzene ring substituents is 1. The molecule has 3 aromatic rings. The van der Waals surface area contributed by atoms with Crippen molar-refractivity contribution in [2.75, 3.05) is 0 Å². The summed E-state index contributed by atoms with van der Waals surface area (Å²) in [6.07, 6.45) is 1.31. The van der Waals surface area contributed by atoms with Gasteiger partial charge in [0.1, 0.15) is 5.82 Å². The van der Waals surface area contributed by atoms with Gasteiger partial charge in [-0.15, -0.1) is 0 Å². The molecule has 1 aromatic heterocycles. The molecule has 8 nitrogen and oxygen atoms in total. The first-order valence-electron chi connectivity index (χ1n) is 7.52. The predicted molar refractivity (Wildman–Crippen MR) is 93.3 cm³/mol.